The summed E-state index contributed by atoms with van der Waals surface area (Å²) in [6, 6.07) is 16.2. The smallest absolute Gasteiger partial charge is 0.273 e. The monoisotopic (exact) mass is 593 g/mol. The number of rotatable bonds is 9. The zero-order valence-corrected chi connectivity index (χ0v) is 25.0. The second kappa shape index (κ2) is 11.3. The number of para-hydroxylation sites is 2. The molecule has 2 aromatic carbocycles. The van der Waals surface area contributed by atoms with Gasteiger partial charge in [0.25, 0.3) is 5.91 Å². The molecule has 0 radical (unpaired) electrons. The van der Waals surface area contributed by atoms with E-state index < -0.39 is 0 Å². The Balaban J connectivity index is 1.14. The molecule has 1 saturated carbocycles. The Morgan fingerprint density at radius 2 is 1.84 bits per heavy atom. The van der Waals surface area contributed by atoms with Crippen LogP contribution in [-0.4, -0.2) is 71.0 Å². The van der Waals surface area contributed by atoms with Gasteiger partial charge < -0.3 is 25.6 Å². The van der Waals surface area contributed by atoms with E-state index in [0.29, 0.717) is 24.1 Å². The van der Waals surface area contributed by atoms with E-state index >= 15 is 0 Å². The highest BCUT2D eigenvalue weighted by molar-refractivity contribution is 6.01. The van der Waals surface area contributed by atoms with Crippen LogP contribution in [0.2, 0.25) is 0 Å². The van der Waals surface area contributed by atoms with Crippen molar-refractivity contribution in [2.45, 2.75) is 32.0 Å². The number of hydrogen-bond acceptors (Lipinski definition) is 9. The van der Waals surface area contributed by atoms with E-state index in [4.69, 9.17) is 9.84 Å². The molecular weight excluding hydrogens is 558 g/mol. The molecule has 2 amide bonds. The molecule has 12 nitrogen and oxygen atoms in total. The normalized spacial score (nSPS) is 16.0. The van der Waals surface area contributed by atoms with Crippen LogP contribution in [0.4, 0.5) is 22.9 Å². The van der Waals surface area contributed by atoms with Crippen molar-refractivity contribution in [3.63, 3.8) is 0 Å². The van der Waals surface area contributed by atoms with Crippen LogP contribution >= 0.6 is 0 Å². The summed E-state index contributed by atoms with van der Waals surface area (Å²) < 4.78 is 7.72. The molecule has 3 N–H and O–H groups in total. The molecule has 1 saturated heterocycles. The summed E-state index contributed by atoms with van der Waals surface area (Å²) in [4.78, 5) is 29.7. The molecule has 226 valence electrons. The third-order valence-corrected chi connectivity index (χ3v) is 8.57. The average molecular weight is 594 g/mol. The SMILES string of the molecule is CNC(=O)c1nnc(NC(=O)C2CC2)cc1Nc1cccc2c1N(C)Cc1c-2cnn1C1CN(Cc2ccccc2OC)C1. The number of nitrogens with zero attached hydrogens (tertiary/aromatic N) is 6. The van der Waals surface area contributed by atoms with Crippen molar-refractivity contribution in [1.82, 2.24) is 30.2 Å². The van der Waals surface area contributed by atoms with Crippen molar-refractivity contribution < 1.29 is 14.3 Å². The van der Waals surface area contributed by atoms with Crippen molar-refractivity contribution in [2.24, 2.45) is 5.92 Å². The Bertz CT molecular complexity index is 1740. The minimum Gasteiger partial charge on any atom is -0.496 e. The predicted octanol–water partition coefficient (Wildman–Crippen LogP) is 3.81. The summed E-state index contributed by atoms with van der Waals surface area (Å²) in [6.45, 7) is 3.36. The number of carbonyl (C=O) groups is 2. The summed E-state index contributed by atoms with van der Waals surface area (Å²) in [5.41, 5.74) is 6.93. The predicted molar refractivity (Wildman–Crippen MR) is 167 cm³/mol. The van der Waals surface area contributed by atoms with E-state index in [-0.39, 0.29) is 23.4 Å². The number of anilines is 4. The van der Waals surface area contributed by atoms with E-state index in [1.54, 1.807) is 20.2 Å². The maximum absolute atomic E-state index is 12.7. The Hall–Kier alpha value is -4.97. The lowest BCUT2D eigenvalue weighted by molar-refractivity contribution is -0.117. The summed E-state index contributed by atoms with van der Waals surface area (Å²) >= 11 is 0. The zero-order valence-electron chi connectivity index (χ0n) is 25.0. The van der Waals surface area contributed by atoms with Gasteiger partial charge in [-0.2, -0.15) is 5.10 Å². The van der Waals surface area contributed by atoms with Crippen LogP contribution in [0, 0.1) is 5.92 Å². The molecule has 0 spiro atoms. The molecule has 0 bridgehead atoms. The average Bonchev–Trinajstić information content (AvgIpc) is 3.79. The largest absolute Gasteiger partial charge is 0.496 e. The first-order valence-corrected chi connectivity index (χ1v) is 14.9. The van der Waals surface area contributed by atoms with Crippen LogP contribution in [0.1, 0.15) is 40.6 Å². The Morgan fingerprint density at radius 3 is 2.61 bits per heavy atom. The van der Waals surface area contributed by atoms with Gasteiger partial charge in [-0.05, 0) is 25.0 Å². The second-order valence-electron chi connectivity index (χ2n) is 11.6. The quantitative estimate of drug-likeness (QED) is 0.265. The molecule has 7 rings (SSSR count). The van der Waals surface area contributed by atoms with Gasteiger partial charge in [0.05, 0.1) is 48.6 Å². The fourth-order valence-corrected chi connectivity index (χ4v) is 6.12. The molecule has 2 aromatic heterocycles. The highest BCUT2D eigenvalue weighted by Crippen LogP contribution is 2.45. The number of fused-ring (bicyclic) bond motifs is 3. The number of benzene rings is 2. The zero-order chi connectivity index (χ0) is 30.4. The van der Waals surface area contributed by atoms with Gasteiger partial charge in [0.2, 0.25) is 5.91 Å². The fraction of sp³-hybridized carbons (Fsp3) is 0.344. The first-order valence-electron chi connectivity index (χ1n) is 14.9. The van der Waals surface area contributed by atoms with Gasteiger partial charge in [0, 0.05) is 62.4 Å². The molecule has 12 heteroatoms. The molecule has 44 heavy (non-hydrogen) atoms. The number of nitrogens with one attached hydrogen (secondary N) is 3. The van der Waals surface area contributed by atoms with E-state index in [1.807, 2.05) is 36.5 Å². The number of methoxy groups -OCH3 is 1. The van der Waals surface area contributed by atoms with Crippen LogP contribution in [0.5, 0.6) is 5.75 Å². The summed E-state index contributed by atoms with van der Waals surface area (Å²) in [5, 5.41) is 22.0. The number of ether oxygens (including phenoxy) is 1. The number of aromatic nitrogens is 4. The third kappa shape index (κ3) is 5.11. The Kier molecular flexibility index (Phi) is 7.13. The molecule has 2 aliphatic heterocycles. The lowest BCUT2D eigenvalue weighted by atomic mass is 9.97. The van der Waals surface area contributed by atoms with Crippen LogP contribution in [0.3, 0.4) is 0 Å². The maximum Gasteiger partial charge on any atom is 0.273 e. The van der Waals surface area contributed by atoms with E-state index in [2.05, 4.69) is 59.8 Å². The highest BCUT2D eigenvalue weighted by Gasteiger charge is 2.34. The molecule has 3 aliphatic rings. The summed E-state index contributed by atoms with van der Waals surface area (Å²) in [5.74, 6) is 0.793. The Labute approximate surface area is 255 Å². The summed E-state index contributed by atoms with van der Waals surface area (Å²) in [7, 11) is 5.32. The van der Waals surface area contributed by atoms with Crippen molar-refractivity contribution >= 4 is 34.7 Å². The molecule has 1 aliphatic carbocycles. The second-order valence-corrected chi connectivity index (χ2v) is 11.6. The van der Waals surface area contributed by atoms with Gasteiger partial charge >= 0.3 is 0 Å². The highest BCUT2D eigenvalue weighted by atomic mass is 16.5. The van der Waals surface area contributed by atoms with Gasteiger partial charge in [-0.25, -0.2) is 0 Å². The minimum atomic E-state index is -0.373. The van der Waals surface area contributed by atoms with Crippen LogP contribution in [-0.2, 0) is 17.9 Å². The van der Waals surface area contributed by atoms with Crippen LogP contribution in [0.15, 0.2) is 54.7 Å². The molecule has 0 atom stereocenters. The standard InChI is InChI=1S/C32H35N9O3/c1-33-32(43)29-25(13-28(37-38-29)36-31(42)19-11-12-19)35-24-9-6-8-22-23-14-34-41(26(23)18-39(2)30(22)24)21-16-40(17-21)15-20-7-4-5-10-27(20)44-3/h4-10,13-14,19,21H,11-12,15-18H2,1-3H3,(H,33,43)(H2,35,36,37,42). The molecule has 0 unspecified atom stereocenters. The van der Waals surface area contributed by atoms with Crippen molar-refractivity contribution in [1.29, 1.82) is 0 Å². The Morgan fingerprint density at radius 1 is 1.02 bits per heavy atom. The lowest BCUT2D eigenvalue weighted by Crippen LogP contribution is -2.48. The number of likely N-dealkylation sites (tertiary alicyclic amines) is 1. The minimum absolute atomic E-state index is 0.0205. The van der Waals surface area contributed by atoms with Crippen molar-refractivity contribution in [3.8, 4) is 16.9 Å². The lowest BCUT2D eigenvalue weighted by Gasteiger charge is -2.41. The van der Waals surface area contributed by atoms with Gasteiger partial charge in [0.1, 0.15) is 5.75 Å². The van der Waals surface area contributed by atoms with E-state index in [0.717, 1.165) is 60.7 Å². The molecule has 2 fully saturated rings. The third-order valence-electron chi connectivity index (χ3n) is 8.57. The van der Waals surface area contributed by atoms with Crippen LogP contribution in [0.25, 0.3) is 11.1 Å². The maximum atomic E-state index is 12.7. The first kappa shape index (κ1) is 27.8. The molecule has 4 heterocycles. The van der Waals surface area contributed by atoms with E-state index in [9.17, 15) is 9.59 Å². The van der Waals surface area contributed by atoms with Crippen LogP contribution < -0.4 is 25.6 Å². The number of hydrogen-bond donors (Lipinski definition) is 3. The number of carbonyl (C=O) groups excluding carboxylic acids is 2. The van der Waals surface area contributed by atoms with E-state index in [1.165, 1.54) is 11.3 Å². The summed E-state index contributed by atoms with van der Waals surface area (Å²) in [6.07, 6.45) is 3.72. The first-order chi connectivity index (χ1) is 21.4. The van der Waals surface area contributed by atoms with Gasteiger partial charge in [-0.1, -0.05) is 30.3 Å². The topological polar surface area (TPSA) is 130 Å². The fourth-order valence-electron chi connectivity index (χ4n) is 6.12. The molecule has 4 aromatic rings. The number of amides is 2. The van der Waals surface area contributed by atoms with Gasteiger partial charge in [-0.3, -0.25) is 19.2 Å². The van der Waals surface area contributed by atoms with Crippen molar-refractivity contribution in [2.75, 3.05) is 49.8 Å². The molecular formula is C32H35N9O3. The van der Waals surface area contributed by atoms with Gasteiger partial charge in [-0.15, -0.1) is 10.2 Å². The van der Waals surface area contributed by atoms with Crippen molar-refractivity contribution in [3.05, 3.63) is 71.7 Å². The van der Waals surface area contributed by atoms with Gasteiger partial charge in [0.15, 0.2) is 11.5 Å².